The van der Waals surface area contributed by atoms with Crippen LogP contribution in [0.3, 0.4) is 0 Å². The summed E-state index contributed by atoms with van der Waals surface area (Å²) < 4.78 is 0. The molecule has 0 unspecified atom stereocenters. The molecule has 0 bridgehead atoms. The van der Waals surface area contributed by atoms with Gasteiger partial charge in [-0.2, -0.15) is 5.26 Å². The van der Waals surface area contributed by atoms with Crippen LogP contribution in [-0.2, 0) is 4.79 Å². The summed E-state index contributed by atoms with van der Waals surface area (Å²) >= 11 is 0. The highest BCUT2D eigenvalue weighted by Gasteiger charge is 2.32. The van der Waals surface area contributed by atoms with Gasteiger partial charge in [0.25, 0.3) is 5.91 Å². The fourth-order valence-electron chi connectivity index (χ4n) is 4.18. The molecule has 8 nitrogen and oxygen atoms in total. The first-order valence-corrected chi connectivity index (χ1v) is 10.6. The van der Waals surface area contributed by atoms with E-state index in [1.165, 1.54) is 0 Å². The second-order valence-corrected chi connectivity index (χ2v) is 7.85. The number of nitrogens with zero attached hydrogens (tertiary/aromatic N) is 3. The second-order valence-electron chi connectivity index (χ2n) is 7.85. The van der Waals surface area contributed by atoms with Crippen molar-refractivity contribution in [3.8, 4) is 6.07 Å². The molecule has 4 rings (SSSR count). The Morgan fingerprint density at radius 1 is 1.12 bits per heavy atom. The molecule has 1 atom stereocenters. The van der Waals surface area contributed by atoms with E-state index in [0.29, 0.717) is 42.9 Å². The molecule has 1 amide bonds. The summed E-state index contributed by atoms with van der Waals surface area (Å²) in [6.07, 6.45) is 2.22. The highest BCUT2D eigenvalue weighted by molar-refractivity contribution is 6.05. The third-order valence-corrected chi connectivity index (χ3v) is 5.85. The van der Waals surface area contributed by atoms with Crippen LogP contribution in [0.4, 0.5) is 5.69 Å². The van der Waals surface area contributed by atoms with Gasteiger partial charge in [-0.3, -0.25) is 19.4 Å². The summed E-state index contributed by atoms with van der Waals surface area (Å²) in [6.45, 7) is 3.39. The number of aromatic amines is 1. The molecular formula is C24H25N5O3. The lowest BCUT2D eigenvalue weighted by molar-refractivity contribution is -0.144. The Morgan fingerprint density at radius 2 is 1.88 bits per heavy atom. The van der Waals surface area contributed by atoms with E-state index >= 15 is 0 Å². The molecule has 0 saturated carbocycles. The van der Waals surface area contributed by atoms with Crippen LogP contribution in [0.1, 0.15) is 28.4 Å². The van der Waals surface area contributed by atoms with E-state index in [0.717, 1.165) is 24.0 Å². The number of carboxylic acids is 1. The van der Waals surface area contributed by atoms with Gasteiger partial charge in [0.05, 0.1) is 6.07 Å². The number of benzene rings is 2. The van der Waals surface area contributed by atoms with Crippen molar-refractivity contribution < 1.29 is 14.7 Å². The molecule has 0 radical (unpaired) electrons. The number of anilines is 1. The van der Waals surface area contributed by atoms with Crippen LogP contribution in [0.2, 0.25) is 0 Å². The van der Waals surface area contributed by atoms with E-state index in [4.69, 9.17) is 5.26 Å². The molecule has 2 heterocycles. The van der Waals surface area contributed by atoms with E-state index < -0.39 is 12.0 Å². The molecule has 1 aromatic heterocycles. The average molecular weight is 431 g/mol. The first-order chi connectivity index (χ1) is 15.6. The number of carboxylic acid groups (broad SMARTS) is 1. The maximum absolute atomic E-state index is 12.5. The molecule has 1 aliphatic rings. The monoisotopic (exact) mass is 431 g/mol. The third-order valence-electron chi connectivity index (χ3n) is 5.85. The summed E-state index contributed by atoms with van der Waals surface area (Å²) in [7, 11) is 0. The predicted octanol–water partition coefficient (Wildman–Crippen LogP) is 3.08. The number of aliphatic carboxylic acids is 1. The van der Waals surface area contributed by atoms with Gasteiger partial charge in [0.15, 0.2) is 0 Å². The van der Waals surface area contributed by atoms with Crippen molar-refractivity contribution >= 4 is 28.5 Å². The Bertz CT molecular complexity index is 1140. The van der Waals surface area contributed by atoms with E-state index in [2.05, 4.69) is 21.3 Å². The smallest absolute Gasteiger partial charge is 0.325 e. The largest absolute Gasteiger partial charge is 0.480 e. The Kier molecular flexibility index (Phi) is 6.50. The van der Waals surface area contributed by atoms with Crippen LogP contribution >= 0.6 is 0 Å². The van der Waals surface area contributed by atoms with Crippen LogP contribution in [0, 0.1) is 11.3 Å². The van der Waals surface area contributed by atoms with Crippen LogP contribution in [0.25, 0.3) is 10.9 Å². The molecule has 32 heavy (non-hydrogen) atoms. The minimum atomic E-state index is -0.907. The number of piperazine rings is 1. The van der Waals surface area contributed by atoms with Gasteiger partial charge < -0.3 is 15.4 Å². The highest BCUT2D eigenvalue weighted by atomic mass is 16.4. The molecule has 164 valence electrons. The zero-order chi connectivity index (χ0) is 22.5. The molecule has 1 fully saturated rings. The van der Waals surface area contributed by atoms with Crippen LogP contribution in [-0.4, -0.2) is 64.5 Å². The Labute approximate surface area is 186 Å². The number of carbonyl (C=O) groups excluding carboxylic acids is 1. The van der Waals surface area contributed by atoms with Gasteiger partial charge in [-0.05, 0) is 30.3 Å². The number of nitriles is 1. The van der Waals surface area contributed by atoms with Crippen molar-refractivity contribution in [2.75, 3.05) is 38.0 Å². The molecule has 3 N–H and O–H groups in total. The normalized spacial score (nSPS) is 15.8. The van der Waals surface area contributed by atoms with Crippen LogP contribution in [0.15, 0.2) is 54.7 Å². The van der Waals surface area contributed by atoms with Gasteiger partial charge in [0, 0.05) is 73.1 Å². The second kappa shape index (κ2) is 9.64. The lowest BCUT2D eigenvalue weighted by Gasteiger charge is -2.37. The van der Waals surface area contributed by atoms with Gasteiger partial charge in [-0.1, -0.05) is 18.2 Å². The SMILES string of the molecule is N#CCCN1CCN([C@H](C(=O)O)c2c[nH]c3ccc(NC(=O)c4ccccc4)cc23)CC1. The Morgan fingerprint density at radius 3 is 2.56 bits per heavy atom. The molecule has 1 aliphatic heterocycles. The lowest BCUT2D eigenvalue weighted by Crippen LogP contribution is -2.49. The lowest BCUT2D eigenvalue weighted by atomic mass is 10.0. The molecule has 2 aromatic carbocycles. The van der Waals surface area contributed by atoms with Gasteiger partial charge in [-0.25, -0.2) is 0 Å². The Balaban J connectivity index is 1.56. The molecule has 3 aromatic rings. The van der Waals surface area contributed by atoms with Crippen molar-refractivity contribution in [1.29, 1.82) is 5.26 Å². The third kappa shape index (κ3) is 4.64. The average Bonchev–Trinajstić information content (AvgIpc) is 3.22. The summed E-state index contributed by atoms with van der Waals surface area (Å²) in [5.41, 5.74) is 2.66. The topological polar surface area (TPSA) is 112 Å². The van der Waals surface area contributed by atoms with Gasteiger partial charge in [0.1, 0.15) is 6.04 Å². The molecule has 1 saturated heterocycles. The van der Waals surface area contributed by atoms with E-state index in [1.807, 2.05) is 23.1 Å². The van der Waals surface area contributed by atoms with Crippen molar-refractivity contribution in [2.45, 2.75) is 12.5 Å². The number of amides is 1. The number of rotatable bonds is 7. The predicted molar refractivity (Wildman–Crippen MR) is 121 cm³/mol. The standard InChI is InChI=1S/C24H25N5O3/c25-9-4-10-28-11-13-29(14-12-28)22(24(31)32)20-16-26-21-8-7-18(15-19(20)21)27-23(30)17-5-2-1-3-6-17/h1-3,5-8,15-16,22,26H,4,10-14H2,(H,27,30)(H,31,32)/t22-/m0/s1. The summed E-state index contributed by atoms with van der Waals surface area (Å²) in [5, 5.41) is 22.5. The molecule has 8 heteroatoms. The number of H-pyrrole nitrogens is 1. The molecule has 0 aliphatic carbocycles. The van der Waals surface area contributed by atoms with Crippen LogP contribution in [0.5, 0.6) is 0 Å². The van der Waals surface area contributed by atoms with Gasteiger partial charge >= 0.3 is 5.97 Å². The van der Waals surface area contributed by atoms with Crippen LogP contribution < -0.4 is 5.32 Å². The number of hydrogen-bond acceptors (Lipinski definition) is 5. The fourth-order valence-corrected chi connectivity index (χ4v) is 4.18. The van der Waals surface area contributed by atoms with Gasteiger partial charge in [-0.15, -0.1) is 0 Å². The van der Waals surface area contributed by atoms with E-state index in [9.17, 15) is 14.7 Å². The Hall–Kier alpha value is -3.67. The highest BCUT2D eigenvalue weighted by Crippen LogP contribution is 2.31. The zero-order valence-electron chi connectivity index (χ0n) is 17.6. The molecule has 0 spiro atoms. The first kappa shape index (κ1) is 21.6. The summed E-state index contributed by atoms with van der Waals surface area (Å²) in [4.78, 5) is 32.1. The van der Waals surface area contributed by atoms with E-state index in [-0.39, 0.29) is 5.91 Å². The molecular weight excluding hydrogens is 406 g/mol. The van der Waals surface area contributed by atoms with E-state index in [1.54, 1.807) is 36.5 Å². The van der Waals surface area contributed by atoms with Crippen molar-refractivity contribution in [1.82, 2.24) is 14.8 Å². The number of fused-ring (bicyclic) bond motifs is 1. The minimum absolute atomic E-state index is 0.217. The maximum atomic E-state index is 12.5. The van der Waals surface area contributed by atoms with Crippen molar-refractivity contribution in [3.05, 3.63) is 65.9 Å². The zero-order valence-corrected chi connectivity index (χ0v) is 17.6. The number of hydrogen-bond donors (Lipinski definition) is 3. The van der Waals surface area contributed by atoms with Crippen molar-refractivity contribution in [3.63, 3.8) is 0 Å². The number of aromatic nitrogens is 1. The maximum Gasteiger partial charge on any atom is 0.325 e. The van der Waals surface area contributed by atoms with Gasteiger partial charge in [0.2, 0.25) is 0 Å². The fraction of sp³-hybridized carbons (Fsp3) is 0.292. The van der Waals surface area contributed by atoms with Crippen molar-refractivity contribution in [2.24, 2.45) is 0 Å². The summed E-state index contributed by atoms with van der Waals surface area (Å²) in [6, 6.07) is 15.8. The number of nitrogens with one attached hydrogen (secondary N) is 2. The summed E-state index contributed by atoms with van der Waals surface area (Å²) in [5.74, 6) is -1.12. The first-order valence-electron chi connectivity index (χ1n) is 10.6. The quantitative estimate of drug-likeness (QED) is 0.530. The minimum Gasteiger partial charge on any atom is -0.480 e. The number of carbonyl (C=O) groups is 2.